The number of aryl methyl sites for hydroxylation is 1. The van der Waals surface area contributed by atoms with Crippen molar-refractivity contribution in [1.82, 2.24) is 9.78 Å². The van der Waals surface area contributed by atoms with Crippen LogP contribution in [0.3, 0.4) is 0 Å². The molecule has 0 saturated heterocycles. The first kappa shape index (κ1) is 13.7. The van der Waals surface area contributed by atoms with Crippen LogP contribution in [0.4, 0.5) is 0 Å². The summed E-state index contributed by atoms with van der Waals surface area (Å²) in [6, 6.07) is 5.07. The molecule has 104 valence electrons. The standard InChI is InChI=1S/C15H14Cl2N2O/c1-9-10-5-2-3-8-13(10)19(18-9)15(20)14-11(16)6-4-7-12(14)17/h4,6-7H,2-3,5,8H2,1H3. The molecule has 0 fully saturated rings. The van der Waals surface area contributed by atoms with Gasteiger partial charge in [0.15, 0.2) is 0 Å². The molecule has 0 radical (unpaired) electrons. The number of carbonyl (C=O) groups excluding carboxylic acids is 1. The van der Waals surface area contributed by atoms with E-state index in [1.165, 1.54) is 10.2 Å². The van der Waals surface area contributed by atoms with E-state index >= 15 is 0 Å². The molecule has 0 N–H and O–H groups in total. The minimum absolute atomic E-state index is 0.244. The lowest BCUT2D eigenvalue weighted by atomic mass is 9.96. The van der Waals surface area contributed by atoms with Gasteiger partial charge in [-0.25, -0.2) is 4.68 Å². The summed E-state index contributed by atoms with van der Waals surface area (Å²) < 4.78 is 1.48. The average molecular weight is 309 g/mol. The van der Waals surface area contributed by atoms with Crippen molar-refractivity contribution in [2.75, 3.05) is 0 Å². The fourth-order valence-corrected chi connectivity index (χ4v) is 3.32. The predicted molar refractivity (Wildman–Crippen MR) is 79.8 cm³/mol. The van der Waals surface area contributed by atoms with Crippen LogP contribution in [-0.4, -0.2) is 15.7 Å². The highest BCUT2D eigenvalue weighted by molar-refractivity contribution is 6.39. The molecule has 3 rings (SSSR count). The van der Waals surface area contributed by atoms with Crippen molar-refractivity contribution in [3.63, 3.8) is 0 Å². The Balaban J connectivity index is 2.12. The Morgan fingerprint density at radius 3 is 2.55 bits per heavy atom. The van der Waals surface area contributed by atoms with E-state index in [2.05, 4.69) is 5.10 Å². The summed E-state index contributed by atoms with van der Waals surface area (Å²) in [5, 5.41) is 5.12. The van der Waals surface area contributed by atoms with Crippen molar-refractivity contribution in [1.29, 1.82) is 0 Å². The Morgan fingerprint density at radius 2 is 1.85 bits per heavy atom. The SMILES string of the molecule is Cc1nn(C(=O)c2c(Cl)cccc2Cl)c2c1CCCC2. The molecule has 2 aromatic rings. The second kappa shape index (κ2) is 5.23. The summed E-state index contributed by atoms with van der Waals surface area (Å²) in [5.74, 6) is -0.244. The Hall–Kier alpha value is -1.32. The molecule has 0 amide bonds. The van der Waals surface area contributed by atoms with Crippen molar-refractivity contribution in [2.45, 2.75) is 32.6 Å². The van der Waals surface area contributed by atoms with Gasteiger partial charge in [-0.15, -0.1) is 0 Å². The maximum atomic E-state index is 12.7. The molecule has 0 unspecified atom stereocenters. The van der Waals surface area contributed by atoms with Gasteiger partial charge in [0.2, 0.25) is 0 Å². The number of benzene rings is 1. The average Bonchev–Trinajstić information content (AvgIpc) is 2.76. The predicted octanol–water partition coefficient (Wildman–Crippen LogP) is 4.07. The van der Waals surface area contributed by atoms with E-state index < -0.39 is 0 Å². The molecule has 0 aliphatic heterocycles. The maximum Gasteiger partial charge on any atom is 0.281 e. The van der Waals surface area contributed by atoms with E-state index in [4.69, 9.17) is 23.2 Å². The summed E-state index contributed by atoms with van der Waals surface area (Å²) in [6.45, 7) is 1.95. The quantitative estimate of drug-likeness (QED) is 0.796. The van der Waals surface area contributed by atoms with Gasteiger partial charge in [0, 0.05) is 0 Å². The van der Waals surface area contributed by atoms with Gasteiger partial charge < -0.3 is 0 Å². The van der Waals surface area contributed by atoms with Crippen LogP contribution in [0, 0.1) is 6.92 Å². The molecule has 3 nitrogen and oxygen atoms in total. The van der Waals surface area contributed by atoms with E-state index in [1.54, 1.807) is 18.2 Å². The first-order valence-corrected chi connectivity index (χ1v) is 7.41. The van der Waals surface area contributed by atoms with Gasteiger partial charge in [-0.1, -0.05) is 29.3 Å². The van der Waals surface area contributed by atoms with Crippen molar-refractivity contribution in [3.05, 3.63) is 50.8 Å². The number of halogens is 2. The molecule has 1 aromatic carbocycles. The Morgan fingerprint density at radius 1 is 1.20 bits per heavy atom. The van der Waals surface area contributed by atoms with Crippen molar-refractivity contribution in [2.24, 2.45) is 0 Å². The lowest BCUT2D eigenvalue weighted by Crippen LogP contribution is -2.19. The lowest BCUT2D eigenvalue weighted by molar-refractivity contribution is 0.0941. The van der Waals surface area contributed by atoms with E-state index in [0.717, 1.165) is 37.1 Å². The first-order valence-electron chi connectivity index (χ1n) is 6.65. The molecule has 0 saturated carbocycles. The van der Waals surface area contributed by atoms with Crippen LogP contribution < -0.4 is 0 Å². The molecule has 5 heteroatoms. The van der Waals surface area contributed by atoms with E-state index in [1.807, 2.05) is 6.92 Å². The zero-order valence-electron chi connectivity index (χ0n) is 11.1. The molecular formula is C15H14Cl2N2O. The molecule has 1 aromatic heterocycles. The third kappa shape index (κ3) is 2.15. The Kier molecular flexibility index (Phi) is 3.57. The Labute approximate surface area is 127 Å². The smallest absolute Gasteiger partial charge is 0.267 e. The number of hydrogen-bond acceptors (Lipinski definition) is 2. The molecule has 0 atom stereocenters. The van der Waals surface area contributed by atoms with Gasteiger partial charge in [0.25, 0.3) is 5.91 Å². The molecular weight excluding hydrogens is 295 g/mol. The molecule has 20 heavy (non-hydrogen) atoms. The van der Waals surface area contributed by atoms with Crippen molar-refractivity contribution >= 4 is 29.1 Å². The topological polar surface area (TPSA) is 34.9 Å². The van der Waals surface area contributed by atoms with Crippen molar-refractivity contribution in [3.8, 4) is 0 Å². The number of rotatable bonds is 1. The molecule has 0 bridgehead atoms. The minimum Gasteiger partial charge on any atom is -0.267 e. The van der Waals surface area contributed by atoms with Gasteiger partial charge in [-0.2, -0.15) is 5.10 Å². The van der Waals surface area contributed by atoms with Gasteiger partial charge in [-0.05, 0) is 50.3 Å². The number of carbonyl (C=O) groups is 1. The second-order valence-electron chi connectivity index (χ2n) is 5.03. The van der Waals surface area contributed by atoms with Crippen LogP contribution in [0.1, 0.15) is 40.2 Å². The lowest BCUT2D eigenvalue weighted by Gasteiger charge is -2.14. The third-order valence-corrected chi connectivity index (χ3v) is 4.38. The summed E-state index contributed by atoms with van der Waals surface area (Å²) in [4.78, 5) is 12.7. The van der Waals surface area contributed by atoms with Crippen LogP contribution in [0.25, 0.3) is 0 Å². The monoisotopic (exact) mass is 308 g/mol. The fraction of sp³-hybridized carbons (Fsp3) is 0.333. The normalized spacial score (nSPS) is 14.2. The minimum atomic E-state index is -0.244. The molecule has 1 aliphatic carbocycles. The highest BCUT2D eigenvalue weighted by Crippen LogP contribution is 2.28. The summed E-state index contributed by atoms with van der Waals surface area (Å²) in [7, 11) is 0. The highest BCUT2D eigenvalue weighted by Gasteiger charge is 2.25. The summed E-state index contributed by atoms with van der Waals surface area (Å²) in [6.07, 6.45) is 4.11. The number of fused-ring (bicyclic) bond motifs is 1. The van der Waals surface area contributed by atoms with Crippen LogP contribution >= 0.6 is 23.2 Å². The number of hydrogen-bond donors (Lipinski definition) is 0. The van der Waals surface area contributed by atoms with Crippen molar-refractivity contribution < 1.29 is 4.79 Å². The van der Waals surface area contributed by atoms with Gasteiger partial charge in [0.05, 0.1) is 27.0 Å². The largest absolute Gasteiger partial charge is 0.281 e. The van der Waals surface area contributed by atoms with E-state index in [0.29, 0.717) is 15.6 Å². The van der Waals surface area contributed by atoms with Crippen LogP contribution in [0.5, 0.6) is 0 Å². The van der Waals surface area contributed by atoms with E-state index in [-0.39, 0.29) is 5.91 Å². The van der Waals surface area contributed by atoms with E-state index in [9.17, 15) is 4.79 Å². The second-order valence-corrected chi connectivity index (χ2v) is 5.85. The van der Waals surface area contributed by atoms with Crippen LogP contribution in [-0.2, 0) is 12.8 Å². The molecule has 1 heterocycles. The first-order chi connectivity index (χ1) is 9.59. The maximum absolute atomic E-state index is 12.7. The number of aromatic nitrogens is 2. The molecule has 1 aliphatic rings. The molecule has 0 spiro atoms. The van der Waals surface area contributed by atoms with Crippen LogP contribution in [0.15, 0.2) is 18.2 Å². The fourth-order valence-electron chi connectivity index (χ4n) is 2.76. The highest BCUT2D eigenvalue weighted by atomic mass is 35.5. The zero-order chi connectivity index (χ0) is 14.3. The van der Waals surface area contributed by atoms with Crippen LogP contribution in [0.2, 0.25) is 10.0 Å². The summed E-state index contributed by atoms with van der Waals surface area (Å²) >= 11 is 12.2. The van der Waals surface area contributed by atoms with Gasteiger partial charge in [0.1, 0.15) is 0 Å². The van der Waals surface area contributed by atoms with Gasteiger partial charge in [-0.3, -0.25) is 4.79 Å². The number of nitrogens with zero attached hydrogens (tertiary/aromatic N) is 2. The zero-order valence-corrected chi connectivity index (χ0v) is 12.6. The Bertz CT molecular complexity index is 671. The van der Waals surface area contributed by atoms with Gasteiger partial charge >= 0.3 is 0 Å². The third-order valence-electron chi connectivity index (χ3n) is 3.75. The summed E-state index contributed by atoms with van der Waals surface area (Å²) in [5.41, 5.74) is 3.46.